The Labute approximate surface area is 116 Å². The SMILES string of the molecule is CC(C)c1ccc(CNC(=O)CCCCCN)cc1. The van der Waals surface area contributed by atoms with Crippen LogP contribution in [0.1, 0.15) is 56.6 Å². The highest BCUT2D eigenvalue weighted by molar-refractivity contribution is 5.75. The number of hydrogen-bond donors (Lipinski definition) is 2. The molecule has 0 radical (unpaired) electrons. The molecular weight excluding hydrogens is 236 g/mol. The largest absolute Gasteiger partial charge is 0.352 e. The van der Waals surface area contributed by atoms with Gasteiger partial charge in [0.05, 0.1) is 0 Å². The summed E-state index contributed by atoms with van der Waals surface area (Å²) in [5.41, 5.74) is 7.90. The molecule has 0 aliphatic rings. The van der Waals surface area contributed by atoms with E-state index < -0.39 is 0 Å². The summed E-state index contributed by atoms with van der Waals surface area (Å²) >= 11 is 0. The molecule has 1 rings (SSSR count). The summed E-state index contributed by atoms with van der Waals surface area (Å²) in [6.45, 7) is 5.69. The maximum Gasteiger partial charge on any atom is 0.220 e. The topological polar surface area (TPSA) is 55.1 Å². The first-order chi connectivity index (χ1) is 9.13. The lowest BCUT2D eigenvalue weighted by Gasteiger charge is -2.08. The summed E-state index contributed by atoms with van der Waals surface area (Å²) in [6.07, 6.45) is 3.57. The number of nitrogens with two attached hydrogens (primary N) is 1. The van der Waals surface area contributed by atoms with E-state index in [9.17, 15) is 4.79 Å². The van der Waals surface area contributed by atoms with E-state index >= 15 is 0 Å². The third-order valence-electron chi connectivity index (χ3n) is 3.24. The van der Waals surface area contributed by atoms with E-state index in [1.807, 2.05) is 0 Å². The van der Waals surface area contributed by atoms with Gasteiger partial charge in [-0.2, -0.15) is 0 Å². The number of unbranched alkanes of at least 4 members (excludes halogenated alkanes) is 2. The molecule has 1 amide bonds. The zero-order valence-corrected chi connectivity index (χ0v) is 12.1. The van der Waals surface area contributed by atoms with Gasteiger partial charge in [0, 0.05) is 13.0 Å². The highest BCUT2D eigenvalue weighted by Gasteiger charge is 2.02. The number of benzene rings is 1. The second kappa shape index (κ2) is 8.70. The van der Waals surface area contributed by atoms with Crippen molar-refractivity contribution in [2.75, 3.05) is 6.54 Å². The molecule has 0 heterocycles. The fourth-order valence-electron chi connectivity index (χ4n) is 1.92. The fraction of sp³-hybridized carbons (Fsp3) is 0.562. The van der Waals surface area contributed by atoms with Crippen LogP contribution in [0, 0.1) is 0 Å². The van der Waals surface area contributed by atoms with Gasteiger partial charge in [-0.15, -0.1) is 0 Å². The molecule has 106 valence electrons. The summed E-state index contributed by atoms with van der Waals surface area (Å²) in [6, 6.07) is 8.44. The average Bonchev–Trinajstić information content (AvgIpc) is 2.42. The van der Waals surface area contributed by atoms with Gasteiger partial charge in [-0.25, -0.2) is 0 Å². The minimum Gasteiger partial charge on any atom is -0.352 e. The van der Waals surface area contributed by atoms with Crippen LogP contribution in [-0.2, 0) is 11.3 Å². The molecule has 0 atom stereocenters. The van der Waals surface area contributed by atoms with Gasteiger partial charge in [-0.3, -0.25) is 4.79 Å². The van der Waals surface area contributed by atoms with E-state index in [-0.39, 0.29) is 5.91 Å². The van der Waals surface area contributed by atoms with Crippen molar-refractivity contribution in [3.8, 4) is 0 Å². The Kier molecular flexibility index (Phi) is 7.19. The van der Waals surface area contributed by atoms with Crippen molar-refractivity contribution in [1.82, 2.24) is 5.32 Å². The summed E-state index contributed by atoms with van der Waals surface area (Å²) in [4.78, 5) is 11.6. The van der Waals surface area contributed by atoms with Crippen LogP contribution in [0.5, 0.6) is 0 Å². The normalized spacial score (nSPS) is 10.7. The third-order valence-corrected chi connectivity index (χ3v) is 3.24. The highest BCUT2D eigenvalue weighted by atomic mass is 16.1. The second-order valence-electron chi connectivity index (χ2n) is 5.27. The lowest BCUT2D eigenvalue weighted by molar-refractivity contribution is -0.121. The van der Waals surface area contributed by atoms with E-state index in [1.54, 1.807) is 0 Å². The van der Waals surface area contributed by atoms with E-state index in [4.69, 9.17) is 5.73 Å². The molecule has 0 aromatic heterocycles. The van der Waals surface area contributed by atoms with E-state index in [0.29, 0.717) is 25.4 Å². The Morgan fingerprint density at radius 3 is 2.42 bits per heavy atom. The van der Waals surface area contributed by atoms with Gasteiger partial charge in [-0.05, 0) is 36.4 Å². The summed E-state index contributed by atoms with van der Waals surface area (Å²) in [7, 11) is 0. The summed E-state index contributed by atoms with van der Waals surface area (Å²) in [5, 5.41) is 2.95. The molecule has 19 heavy (non-hydrogen) atoms. The molecule has 0 saturated heterocycles. The molecule has 1 aromatic carbocycles. The quantitative estimate of drug-likeness (QED) is 0.708. The van der Waals surface area contributed by atoms with E-state index in [1.165, 1.54) is 5.56 Å². The van der Waals surface area contributed by atoms with Gasteiger partial charge in [0.1, 0.15) is 0 Å². The molecule has 0 bridgehead atoms. The van der Waals surface area contributed by atoms with Crippen molar-refractivity contribution in [3.63, 3.8) is 0 Å². The maximum atomic E-state index is 11.6. The van der Waals surface area contributed by atoms with E-state index in [2.05, 4.69) is 43.4 Å². The van der Waals surface area contributed by atoms with Crippen LogP contribution in [0.3, 0.4) is 0 Å². The number of rotatable bonds is 8. The molecule has 0 aliphatic heterocycles. The molecule has 3 N–H and O–H groups in total. The Hall–Kier alpha value is -1.35. The molecule has 1 aromatic rings. The van der Waals surface area contributed by atoms with Crippen LogP contribution in [0.2, 0.25) is 0 Å². The van der Waals surface area contributed by atoms with Crippen molar-refractivity contribution in [1.29, 1.82) is 0 Å². The van der Waals surface area contributed by atoms with Gasteiger partial charge in [0.15, 0.2) is 0 Å². The fourth-order valence-corrected chi connectivity index (χ4v) is 1.92. The Morgan fingerprint density at radius 1 is 1.16 bits per heavy atom. The van der Waals surface area contributed by atoms with Gasteiger partial charge in [-0.1, -0.05) is 44.5 Å². The van der Waals surface area contributed by atoms with Crippen LogP contribution < -0.4 is 11.1 Å². The predicted octanol–water partition coefficient (Wildman–Crippen LogP) is 2.95. The minimum atomic E-state index is 0.130. The first-order valence-corrected chi connectivity index (χ1v) is 7.19. The summed E-state index contributed by atoms with van der Waals surface area (Å²) < 4.78 is 0. The predicted molar refractivity (Wildman–Crippen MR) is 79.9 cm³/mol. The molecule has 0 aliphatic carbocycles. The number of amides is 1. The first kappa shape index (κ1) is 15.7. The van der Waals surface area contributed by atoms with Crippen molar-refractivity contribution >= 4 is 5.91 Å². The number of hydrogen-bond acceptors (Lipinski definition) is 2. The van der Waals surface area contributed by atoms with Crippen molar-refractivity contribution < 1.29 is 4.79 Å². The van der Waals surface area contributed by atoms with Crippen LogP contribution in [0.4, 0.5) is 0 Å². The molecule has 3 nitrogen and oxygen atoms in total. The van der Waals surface area contributed by atoms with Crippen molar-refractivity contribution in [2.24, 2.45) is 5.73 Å². The van der Waals surface area contributed by atoms with Crippen LogP contribution >= 0.6 is 0 Å². The zero-order valence-electron chi connectivity index (χ0n) is 12.1. The monoisotopic (exact) mass is 262 g/mol. The standard InChI is InChI=1S/C16H26N2O/c1-13(2)15-9-7-14(8-10-15)12-18-16(19)6-4-3-5-11-17/h7-10,13H,3-6,11-12,17H2,1-2H3,(H,18,19). The Balaban J connectivity index is 2.26. The lowest BCUT2D eigenvalue weighted by Crippen LogP contribution is -2.22. The van der Waals surface area contributed by atoms with Crippen LogP contribution in [0.25, 0.3) is 0 Å². The minimum absolute atomic E-state index is 0.130. The highest BCUT2D eigenvalue weighted by Crippen LogP contribution is 2.14. The Morgan fingerprint density at radius 2 is 1.84 bits per heavy atom. The Bertz CT molecular complexity index is 371. The smallest absolute Gasteiger partial charge is 0.220 e. The van der Waals surface area contributed by atoms with Crippen molar-refractivity contribution in [3.05, 3.63) is 35.4 Å². The van der Waals surface area contributed by atoms with Gasteiger partial charge in [0.2, 0.25) is 5.91 Å². The summed E-state index contributed by atoms with van der Waals surface area (Å²) in [5.74, 6) is 0.677. The zero-order chi connectivity index (χ0) is 14.1. The molecular formula is C16H26N2O. The van der Waals surface area contributed by atoms with Crippen LogP contribution in [-0.4, -0.2) is 12.5 Å². The molecule has 0 unspecified atom stereocenters. The van der Waals surface area contributed by atoms with E-state index in [0.717, 1.165) is 24.8 Å². The number of carbonyl (C=O) groups excluding carboxylic acids is 1. The maximum absolute atomic E-state index is 11.6. The van der Waals surface area contributed by atoms with Gasteiger partial charge >= 0.3 is 0 Å². The van der Waals surface area contributed by atoms with Crippen molar-refractivity contribution in [2.45, 2.75) is 52.0 Å². The molecule has 0 saturated carbocycles. The van der Waals surface area contributed by atoms with Gasteiger partial charge < -0.3 is 11.1 Å². The number of carbonyl (C=O) groups is 1. The molecule has 0 fully saturated rings. The molecule has 0 spiro atoms. The molecule has 3 heteroatoms. The van der Waals surface area contributed by atoms with Gasteiger partial charge in [0.25, 0.3) is 0 Å². The lowest BCUT2D eigenvalue weighted by atomic mass is 10.0. The second-order valence-corrected chi connectivity index (χ2v) is 5.27. The first-order valence-electron chi connectivity index (χ1n) is 7.19. The average molecular weight is 262 g/mol. The van der Waals surface area contributed by atoms with Crippen LogP contribution in [0.15, 0.2) is 24.3 Å². The third kappa shape index (κ3) is 6.39. The number of nitrogens with one attached hydrogen (secondary N) is 1.